The number of hydrogen-bond donors (Lipinski definition) is 0. The Morgan fingerprint density at radius 3 is 3.23 bits per heavy atom. The molecule has 0 saturated heterocycles. The molecule has 0 amide bonds. The molecule has 2 aromatic heterocycles. The highest BCUT2D eigenvalue weighted by Gasteiger charge is 2.01. The van der Waals surface area contributed by atoms with Gasteiger partial charge in [0, 0.05) is 17.8 Å². The summed E-state index contributed by atoms with van der Waals surface area (Å²) in [5.74, 6) is 0. The molecular weight excluding hydrogens is 232 g/mol. The fourth-order valence-corrected chi connectivity index (χ4v) is 1.59. The number of pyridine rings is 1. The lowest BCUT2D eigenvalue weighted by Gasteiger charge is -1.99. The molecule has 0 aliphatic rings. The van der Waals surface area contributed by atoms with E-state index >= 15 is 0 Å². The van der Waals surface area contributed by atoms with E-state index in [4.69, 9.17) is 4.74 Å². The summed E-state index contributed by atoms with van der Waals surface area (Å²) >= 11 is 3.40. The van der Waals surface area contributed by atoms with Crippen molar-refractivity contribution in [3.8, 4) is 0 Å². The van der Waals surface area contributed by atoms with Crippen molar-refractivity contribution < 1.29 is 4.74 Å². The fourth-order valence-electron chi connectivity index (χ4n) is 1.26. The second-order valence-corrected chi connectivity index (χ2v) is 3.67. The van der Waals surface area contributed by atoms with Gasteiger partial charge in [-0.25, -0.2) is 4.98 Å². The molecule has 68 valence electrons. The van der Waals surface area contributed by atoms with Crippen molar-refractivity contribution in [2.24, 2.45) is 0 Å². The van der Waals surface area contributed by atoms with E-state index in [1.54, 1.807) is 7.11 Å². The van der Waals surface area contributed by atoms with E-state index in [1.165, 1.54) is 0 Å². The molecule has 0 spiro atoms. The van der Waals surface area contributed by atoms with Crippen molar-refractivity contribution >= 4 is 21.6 Å². The second-order valence-electron chi connectivity index (χ2n) is 2.76. The van der Waals surface area contributed by atoms with Crippen molar-refractivity contribution in [3.63, 3.8) is 0 Å². The van der Waals surface area contributed by atoms with Crippen LogP contribution >= 0.6 is 15.9 Å². The Hall–Kier alpha value is -0.870. The molecule has 3 nitrogen and oxygen atoms in total. The van der Waals surface area contributed by atoms with Crippen molar-refractivity contribution in [2.75, 3.05) is 7.11 Å². The third kappa shape index (κ3) is 1.59. The highest BCUT2D eigenvalue weighted by atomic mass is 79.9. The quantitative estimate of drug-likeness (QED) is 0.806. The van der Waals surface area contributed by atoms with E-state index in [9.17, 15) is 0 Å². The molecule has 0 atom stereocenters. The van der Waals surface area contributed by atoms with E-state index in [0.29, 0.717) is 6.61 Å². The molecule has 0 aliphatic heterocycles. The fraction of sp³-hybridized carbons (Fsp3) is 0.222. The highest BCUT2D eigenvalue weighted by Crippen LogP contribution is 2.14. The Morgan fingerprint density at radius 2 is 2.46 bits per heavy atom. The second kappa shape index (κ2) is 3.47. The van der Waals surface area contributed by atoms with Crippen molar-refractivity contribution in [1.29, 1.82) is 0 Å². The molecule has 0 bridgehead atoms. The van der Waals surface area contributed by atoms with E-state index in [2.05, 4.69) is 20.9 Å². The molecule has 2 heterocycles. The molecule has 4 heteroatoms. The van der Waals surface area contributed by atoms with Gasteiger partial charge in [0.15, 0.2) is 0 Å². The van der Waals surface area contributed by atoms with E-state index in [-0.39, 0.29) is 0 Å². The van der Waals surface area contributed by atoms with Crippen molar-refractivity contribution in [3.05, 3.63) is 34.7 Å². The number of aromatic nitrogens is 2. The Morgan fingerprint density at radius 1 is 1.62 bits per heavy atom. The van der Waals surface area contributed by atoms with Crippen molar-refractivity contribution in [2.45, 2.75) is 6.61 Å². The van der Waals surface area contributed by atoms with Gasteiger partial charge in [-0.05, 0) is 12.1 Å². The topological polar surface area (TPSA) is 26.5 Å². The van der Waals surface area contributed by atoms with E-state index in [1.807, 2.05) is 28.9 Å². The minimum absolute atomic E-state index is 0.586. The van der Waals surface area contributed by atoms with Crippen LogP contribution in [0.5, 0.6) is 0 Å². The Labute approximate surface area is 84.5 Å². The Kier molecular flexibility index (Phi) is 2.33. The lowest BCUT2D eigenvalue weighted by Crippen LogP contribution is -1.93. The van der Waals surface area contributed by atoms with Gasteiger partial charge in [0.25, 0.3) is 0 Å². The third-order valence-corrected chi connectivity index (χ3v) is 2.34. The first-order valence-corrected chi connectivity index (χ1v) is 4.71. The number of rotatable bonds is 2. The van der Waals surface area contributed by atoms with Crippen LogP contribution < -0.4 is 0 Å². The average molecular weight is 241 g/mol. The molecule has 0 fully saturated rings. The minimum atomic E-state index is 0.586. The zero-order valence-corrected chi connectivity index (χ0v) is 8.78. The van der Waals surface area contributed by atoms with Gasteiger partial charge in [-0.1, -0.05) is 15.9 Å². The molecule has 2 rings (SSSR count). The maximum atomic E-state index is 5.05. The molecule has 2 aromatic rings. The van der Waals surface area contributed by atoms with Crippen LogP contribution in [0.4, 0.5) is 0 Å². The summed E-state index contributed by atoms with van der Waals surface area (Å²) in [4.78, 5) is 4.25. The first kappa shape index (κ1) is 8.72. The van der Waals surface area contributed by atoms with Gasteiger partial charge in [-0.2, -0.15) is 0 Å². The van der Waals surface area contributed by atoms with Gasteiger partial charge >= 0.3 is 0 Å². The predicted molar refractivity (Wildman–Crippen MR) is 53.6 cm³/mol. The molecule has 13 heavy (non-hydrogen) atoms. The number of fused-ring (bicyclic) bond motifs is 1. The molecule has 0 N–H and O–H groups in total. The van der Waals surface area contributed by atoms with Gasteiger partial charge in [-0.15, -0.1) is 0 Å². The maximum absolute atomic E-state index is 5.05. The number of halogens is 1. The molecule has 0 unspecified atom stereocenters. The SMILES string of the molecule is COCc1cnc2cc(Br)ccn12. The van der Waals surface area contributed by atoms with E-state index < -0.39 is 0 Å². The number of nitrogens with zero attached hydrogens (tertiary/aromatic N) is 2. The summed E-state index contributed by atoms with van der Waals surface area (Å²) in [6.45, 7) is 0.586. The zero-order valence-electron chi connectivity index (χ0n) is 7.20. The van der Waals surface area contributed by atoms with Crippen LogP contribution in [0.15, 0.2) is 29.0 Å². The Bertz CT molecular complexity index is 424. The summed E-state index contributed by atoms with van der Waals surface area (Å²) in [5, 5.41) is 0. The van der Waals surface area contributed by atoms with Crippen LogP contribution in [0.25, 0.3) is 5.65 Å². The maximum Gasteiger partial charge on any atom is 0.138 e. The first-order chi connectivity index (χ1) is 6.31. The standard InChI is InChI=1S/C9H9BrN2O/c1-13-6-8-5-11-9-4-7(10)2-3-12(8)9/h2-5H,6H2,1H3. The minimum Gasteiger partial charge on any atom is -0.378 e. The van der Waals surface area contributed by atoms with Crippen LogP contribution in [0, 0.1) is 0 Å². The predicted octanol–water partition coefficient (Wildman–Crippen LogP) is 2.24. The molecule has 0 aliphatic carbocycles. The summed E-state index contributed by atoms with van der Waals surface area (Å²) in [5.41, 5.74) is 1.99. The number of imidazole rings is 1. The van der Waals surface area contributed by atoms with E-state index in [0.717, 1.165) is 15.8 Å². The molecular formula is C9H9BrN2O. The van der Waals surface area contributed by atoms with Crippen LogP contribution in [0.2, 0.25) is 0 Å². The normalized spacial score (nSPS) is 10.9. The summed E-state index contributed by atoms with van der Waals surface area (Å²) in [6, 6.07) is 3.95. The number of hydrogen-bond acceptors (Lipinski definition) is 2. The van der Waals surface area contributed by atoms with Crippen LogP contribution in [-0.4, -0.2) is 16.5 Å². The van der Waals surface area contributed by atoms with Crippen LogP contribution in [0.1, 0.15) is 5.69 Å². The molecule has 0 radical (unpaired) electrons. The number of methoxy groups -OCH3 is 1. The largest absolute Gasteiger partial charge is 0.378 e. The summed E-state index contributed by atoms with van der Waals surface area (Å²) in [6.07, 6.45) is 3.80. The monoisotopic (exact) mass is 240 g/mol. The summed E-state index contributed by atoms with van der Waals surface area (Å²) in [7, 11) is 1.68. The highest BCUT2D eigenvalue weighted by molar-refractivity contribution is 9.10. The van der Waals surface area contributed by atoms with Crippen LogP contribution in [0.3, 0.4) is 0 Å². The lowest BCUT2D eigenvalue weighted by atomic mass is 10.4. The third-order valence-electron chi connectivity index (χ3n) is 1.84. The molecule has 0 saturated carbocycles. The smallest absolute Gasteiger partial charge is 0.138 e. The van der Waals surface area contributed by atoms with Crippen LogP contribution in [-0.2, 0) is 11.3 Å². The summed E-state index contributed by atoms with van der Waals surface area (Å²) < 4.78 is 8.10. The van der Waals surface area contributed by atoms with Gasteiger partial charge in [0.2, 0.25) is 0 Å². The first-order valence-electron chi connectivity index (χ1n) is 3.91. The van der Waals surface area contributed by atoms with Gasteiger partial charge in [0.1, 0.15) is 5.65 Å². The van der Waals surface area contributed by atoms with Gasteiger partial charge in [0.05, 0.1) is 18.5 Å². The number of ether oxygens (including phenoxy) is 1. The lowest BCUT2D eigenvalue weighted by molar-refractivity contribution is 0.181. The Balaban J connectivity index is 2.55. The zero-order chi connectivity index (χ0) is 9.26. The van der Waals surface area contributed by atoms with Crippen molar-refractivity contribution in [1.82, 2.24) is 9.38 Å². The molecule has 0 aromatic carbocycles. The van der Waals surface area contributed by atoms with Gasteiger partial charge < -0.3 is 9.14 Å². The van der Waals surface area contributed by atoms with Gasteiger partial charge in [-0.3, -0.25) is 0 Å². The average Bonchev–Trinajstić information content (AvgIpc) is 2.49.